The number of aliphatic hydroxyl groups is 1. The number of fused-ring (bicyclic) bond motifs is 1. The molecule has 1 amide bonds. The number of aliphatic hydroxyl groups excluding tert-OH is 1. The molecule has 1 unspecified atom stereocenters. The Labute approximate surface area is 218 Å². The molecule has 8 nitrogen and oxygen atoms in total. The van der Waals surface area contributed by atoms with Crippen LogP contribution in [0.25, 0.3) is 5.76 Å². The maximum absolute atomic E-state index is 13.5. The van der Waals surface area contributed by atoms with Gasteiger partial charge in [0.25, 0.3) is 11.7 Å². The van der Waals surface area contributed by atoms with Gasteiger partial charge in [-0.05, 0) is 54.4 Å². The topological polar surface area (TPSA) is 94.5 Å². The second-order valence-electron chi connectivity index (χ2n) is 8.60. The average Bonchev–Trinajstić information content (AvgIpc) is 3.17. The number of amides is 1. The van der Waals surface area contributed by atoms with Crippen LogP contribution < -0.4 is 23.8 Å². The molecule has 9 heteroatoms. The lowest BCUT2D eigenvalue weighted by Crippen LogP contribution is -2.29. The van der Waals surface area contributed by atoms with E-state index >= 15 is 0 Å². The average molecular weight is 522 g/mol. The third kappa shape index (κ3) is 4.23. The van der Waals surface area contributed by atoms with Crippen molar-refractivity contribution in [3.05, 3.63) is 81.9 Å². The smallest absolute Gasteiger partial charge is 0.300 e. The van der Waals surface area contributed by atoms with Crippen LogP contribution in [0.3, 0.4) is 0 Å². The summed E-state index contributed by atoms with van der Waals surface area (Å²) in [6.45, 7) is 2.58. The highest BCUT2D eigenvalue weighted by molar-refractivity contribution is 6.51. The number of halogens is 1. The summed E-state index contributed by atoms with van der Waals surface area (Å²) in [5, 5.41) is 11.8. The Hall–Kier alpha value is -4.17. The highest BCUT2D eigenvalue weighted by Gasteiger charge is 2.47. The first-order valence-corrected chi connectivity index (χ1v) is 11.9. The number of nitrogens with zero attached hydrogens (tertiary/aromatic N) is 1. The third-order valence-corrected chi connectivity index (χ3v) is 6.59. The van der Waals surface area contributed by atoms with E-state index in [1.54, 1.807) is 61.5 Å². The quantitative estimate of drug-likeness (QED) is 0.285. The molecule has 0 aromatic heterocycles. The van der Waals surface area contributed by atoms with E-state index in [0.717, 1.165) is 5.56 Å². The number of Topliss-reactive ketones (excluding diaryl/α,β-unsaturated/α-hetero) is 1. The zero-order valence-electron chi connectivity index (χ0n) is 20.4. The summed E-state index contributed by atoms with van der Waals surface area (Å²) >= 11 is 6.37. The van der Waals surface area contributed by atoms with Gasteiger partial charge in [-0.15, -0.1) is 0 Å². The van der Waals surface area contributed by atoms with E-state index < -0.39 is 23.5 Å². The van der Waals surface area contributed by atoms with Crippen molar-refractivity contribution >= 4 is 34.7 Å². The number of methoxy groups -OCH3 is 2. The maximum Gasteiger partial charge on any atom is 0.300 e. The maximum atomic E-state index is 13.5. The van der Waals surface area contributed by atoms with E-state index in [9.17, 15) is 14.7 Å². The summed E-state index contributed by atoms with van der Waals surface area (Å²) in [4.78, 5) is 28.4. The second-order valence-corrected chi connectivity index (χ2v) is 9.01. The highest BCUT2D eigenvalue weighted by Crippen LogP contribution is 2.46. The lowest BCUT2D eigenvalue weighted by Gasteiger charge is -2.27. The molecule has 2 heterocycles. The number of carbonyl (C=O) groups excluding carboxylic acids is 2. The molecular formula is C28H24ClNO7. The monoisotopic (exact) mass is 521 g/mol. The molecule has 2 aliphatic heterocycles. The number of hydrogen-bond donors (Lipinski definition) is 1. The van der Waals surface area contributed by atoms with Crippen LogP contribution >= 0.6 is 11.6 Å². The van der Waals surface area contributed by atoms with Crippen LogP contribution in [-0.2, 0) is 9.59 Å². The van der Waals surface area contributed by atoms with Gasteiger partial charge in [0, 0.05) is 11.8 Å². The Morgan fingerprint density at radius 2 is 1.76 bits per heavy atom. The first-order valence-electron chi connectivity index (χ1n) is 11.5. The van der Waals surface area contributed by atoms with Gasteiger partial charge in [0.2, 0.25) is 0 Å². The van der Waals surface area contributed by atoms with Gasteiger partial charge in [-0.3, -0.25) is 14.5 Å². The minimum absolute atomic E-state index is 0.104. The van der Waals surface area contributed by atoms with Gasteiger partial charge in [0.05, 0.1) is 36.4 Å². The van der Waals surface area contributed by atoms with Crippen LogP contribution in [0, 0.1) is 6.92 Å². The number of benzene rings is 3. The minimum Gasteiger partial charge on any atom is -0.507 e. The van der Waals surface area contributed by atoms with Crippen LogP contribution in [0.15, 0.2) is 60.2 Å². The Morgan fingerprint density at radius 1 is 1.00 bits per heavy atom. The number of hydrogen-bond acceptors (Lipinski definition) is 7. The van der Waals surface area contributed by atoms with E-state index in [0.29, 0.717) is 41.7 Å². The van der Waals surface area contributed by atoms with Gasteiger partial charge in [-0.2, -0.15) is 0 Å². The zero-order valence-corrected chi connectivity index (χ0v) is 21.2. The van der Waals surface area contributed by atoms with Crippen molar-refractivity contribution in [3.63, 3.8) is 0 Å². The van der Waals surface area contributed by atoms with Crippen LogP contribution in [-0.4, -0.2) is 44.2 Å². The molecule has 1 fully saturated rings. The molecule has 1 N–H and O–H groups in total. The standard InChI is InChI=1S/C28H24ClNO7/c1-15-11-19(27(35-3)20(29)12-15)25(31)23-24(16-5-4-6-18(13-16)34-2)30(28(33)26(23)32)17-7-8-21-22(14-17)37-10-9-36-21/h4-8,11-14,24,31H,9-10H2,1-3H3/b25-23+. The number of ketones is 1. The van der Waals surface area contributed by atoms with E-state index in [1.165, 1.54) is 19.1 Å². The number of aryl methyl sites for hydroxylation is 1. The van der Waals surface area contributed by atoms with Crippen molar-refractivity contribution in [2.75, 3.05) is 32.3 Å². The van der Waals surface area contributed by atoms with E-state index in [-0.39, 0.29) is 21.9 Å². The van der Waals surface area contributed by atoms with Crippen molar-refractivity contribution in [1.29, 1.82) is 0 Å². The van der Waals surface area contributed by atoms with Crippen LogP contribution in [0.1, 0.15) is 22.7 Å². The van der Waals surface area contributed by atoms with Crippen molar-refractivity contribution < 1.29 is 33.6 Å². The third-order valence-electron chi connectivity index (χ3n) is 6.31. The molecule has 0 spiro atoms. The van der Waals surface area contributed by atoms with Crippen LogP contribution in [0.4, 0.5) is 5.69 Å². The number of carbonyl (C=O) groups is 2. The van der Waals surface area contributed by atoms with Gasteiger partial charge < -0.3 is 24.1 Å². The minimum atomic E-state index is -0.971. The number of anilines is 1. The van der Waals surface area contributed by atoms with Crippen molar-refractivity contribution in [2.24, 2.45) is 0 Å². The fourth-order valence-corrected chi connectivity index (χ4v) is 5.02. The van der Waals surface area contributed by atoms with E-state index in [2.05, 4.69) is 0 Å². The Morgan fingerprint density at radius 3 is 2.49 bits per heavy atom. The summed E-state index contributed by atoms with van der Waals surface area (Å²) in [5.41, 5.74) is 1.82. The molecule has 0 bridgehead atoms. The van der Waals surface area contributed by atoms with Crippen molar-refractivity contribution in [1.82, 2.24) is 0 Å². The summed E-state index contributed by atoms with van der Waals surface area (Å²) < 4.78 is 22.1. The van der Waals surface area contributed by atoms with Gasteiger partial charge in [0.1, 0.15) is 30.5 Å². The molecule has 5 rings (SSSR count). The molecule has 0 radical (unpaired) electrons. The molecule has 0 saturated carbocycles. The summed E-state index contributed by atoms with van der Waals surface area (Å²) in [5.74, 6) is -0.315. The SMILES string of the molecule is COc1cccc(C2/C(=C(\O)c3cc(C)cc(Cl)c3OC)C(=O)C(=O)N2c2ccc3c(c2)OCCO3)c1. The summed E-state index contributed by atoms with van der Waals surface area (Å²) in [7, 11) is 2.94. The van der Waals surface area contributed by atoms with Crippen LogP contribution in [0.2, 0.25) is 5.02 Å². The predicted molar refractivity (Wildman–Crippen MR) is 138 cm³/mol. The summed E-state index contributed by atoms with van der Waals surface area (Å²) in [6, 6.07) is 14.4. The van der Waals surface area contributed by atoms with Gasteiger partial charge in [0.15, 0.2) is 11.5 Å². The molecule has 0 aliphatic carbocycles. The summed E-state index contributed by atoms with van der Waals surface area (Å²) in [6.07, 6.45) is 0. The first-order chi connectivity index (χ1) is 17.8. The van der Waals surface area contributed by atoms with Gasteiger partial charge >= 0.3 is 0 Å². The lowest BCUT2D eigenvalue weighted by atomic mass is 9.94. The fraction of sp³-hybridized carbons (Fsp3) is 0.214. The molecule has 190 valence electrons. The van der Waals surface area contributed by atoms with Crippen molar-refractivity contribution in [3.8, 4) is 23.0 Å². The zero-order chi connectivity index (χ0) is 26.3. The highest BCUT2D eigenvalue weighted by atomic mass is 35.5. The molecular weight excluding hydrogens is 498 g/mol. The molecule has 1 saturated heterocycles. The van der Waals surface area contributed by atoms with Gasteiger partial charge in [-0.25, -0.2) is 0 Å². The Balaban J connectivity index is 1.75. The fourth-order valence-electron chi connectivity index (χ4n) is 4.67. The molecule has 2 aliphatic rings. The van der Waals surface area contributed by atoms with Gasteiger partial charge in [-0.1, -0.05) is 23.7 Å². The molecule has 3 aromatic rings. The Kier molecular flexibility index (Phi) is 6.43. The van der Waals surface area contributed by atoms with E-state index in [4.69, 9.17) is 30.5 Å². The lowest BCUT2D eigenvalue weighted by molar-refractivity contribution is -0.132. The molecule has 1 atom stereocenters. The Bertz CT molecular complexity index is 1450. The number of ether oxygens (including phenoxy) is 4. The molecule has 3 aromatic carbocycles. The second kappa shape index (κ2) is 9.71. The number of rotatable bonds is 5. The normalized spacial score (nSPS) is 18.2. The van der Waals surface area contributed by atoms with Crippen molar-refractivity contribution in [2.45, 2.75) is 13.0 Å². The largest absolute Gasteiger partial charge is 0.507 e. The first kappa shape index (κ1) is 24.5. The van der Waals surface area contributed by atoms with E-state index in [1.807, 2.05) is 0 Å². The predicted octanol–water partition coefficient (Wildman–Crippen LogP) is 5.06. The van der Waals surface area contributed by atoms with Crippen LogP contribution in [0.5, 0.6) is 23.0 Å². The molecule has 37 heavy (non-hydrogen) atoms.